The number of benzene rings is 3. The van der Waals surface area contributed by atoms with E-state index in [2.05, 4.69) is 16.0 Å². The van der Waals surface area contributed by atoms with Gasteiger partial charge in [0.25, 0.3) is 11.8 Å². The zero-order valence-electron chi connectivity index (χ0n) is 19.8. The molecule has 8 nitrogen and oxygen atoms in total. The first-order chi connectivity index (χ1) is 18.1. The van der Waals surface area contributed by atoms with E-state index in [0.717, 1.165) is 5.75 Å². The Kier molecular flexibility index (Phi) is 8.87. The molecule has 0 saturated carbocycles. The molecule has 4 aromatic rings. The maximum atomic E-state index is 12.9. The highest BCUT2D eigenvalue weighted by molar-refractivity contribution is 7.80. The summed E-state index contributed by atoms with van der Waals surface area (Å²) < 4.78 is 16.7. The smallest absolute Gasteiger partial charge is 0.261 e. The van der Waals surface area contributed by atoms with Crippen LogP contribution in [0.2, 0.25) is 0 Å². The molecule has 0 atom stereocenters. The van der Waals surface area contributed by atoms with Crippen LogP contribution in [0.5, 0.6) is 11.5 Å². The molecule has 2 amide bonds. The van der Waals surface area contributed by atoms with E-state index < -0.39 is 5.91 Å². The van der Waals surface area contributed by atoms with Crippen LogP contribution in [0.4, 0.5) is 5.69 Å². The minimum absolute atomic E-state index is 0.0403. The number of amides is 2. The van der Waals surface area contributed by atoms with Crippen LogP contribution in [0, 0.1) is 0 Å². The molecular weight excluding hydrogens is 490 g/mol. The van der Waals surface area contributed by atoms with Crippen molar-refractivity contribution < 1.29 is 23.5 Å². The summed E-state index contributed by atoms with van der Waals surface area (Å²) in [4.78, 5) is 25.6. The summed E-state index contributed by atoms with van der Waals surface area (Å²) in [5, 5.41) is 8.41. The fraction of sp³-hybridized carbons (Fsp3) is 0.107. The van der Waals surface area contributed by atoms with Crippen molar-refractivity contribution in [1.29, 1.82) is 0 Å². The number of hydrogen-bond acceptors (Lipinski definition) is 6. The Morgan fingerprint density at radius 1 is 0.757 bits per heavy atom. The van der Waals surface area contributed by atoms with Crippen molar-refractivity contribution in [1.82, 2.24) is 10.6 Å². The molecular formula is C28H25N3O5S. The predicted octanol–water partition coefficient (Wildman–Crippen LogP) is 4.79. The SMILES string of the molecule is O=C(NCc1ccco1)c1ccccc1NC(=S)NC(=O)c1ccccc1OCCOc1ccccc1. The largest absolute Gasteiger partial charge is 0.490 e. The number of hydrogen-bond donors (Lipinski definition) is 3. The van der Waals surface area contributed by atoms with Crippen molar-refractivity contribution in [3.63, 3.8) is 0 Å². The van der Waals surface area contributed by atoms with Crippen molar-refractivity contribution in [2.24, 2.45) is 0 Å². The van der Waals surface area contributed by atoms with Gasteiger partial charge in [0, 0.05) is 0 Å². The van der Waals surface area contributed by atoms with E-state index in [1.165, 1.54) is 0 Å². The van der Waals surface area contributed by atoms with Crippen molar-refractivity contribution in [3.05, 3.63) is 114 Å². The second kappa shape index (κ2) is 12.9. The van der Waals surface area contributed by atoms with E-state index in [0.29, 0.717) is 34.9 Å². The molecule has 188 valence electrons. The lowest BCUT2D eigenvalue weighted by molar-refractivity contribution is 0.0947. The number of rotatable bonds is 10. The second-order valence-electron chi connectivity index (χ2n) is 7.72. The van der Waals surface area contributed by atoms with Crippen molar-refractivity contribution in [3.8, 4) is 11.5 Å². The predicted molar refractivity (Wildman–Crippen MR) is 144 cm³/mol. The lowest BCUT2D eigenvalue weighted by atomic mass is 10.1. The summed E-state index contributed by atoms with van der Waals surface area (Å²) in [6.07, 6.45) is 1.54. The Labute approximate surface area is 219 Å². The summed E-state index contributed by atoms with van der Waals surface area (Å²) in [5.74, 6) is 1.01. The van der Waals surface area contributed by atoms with Gasteiger partial charge in [-0.25, -0.2) is 0 Å². The number of nitrogens with one attached hydrogen (secondary N) is 3. The van der Waals surface area contributed by atoms with Crippen LogP contribution < -0.4 is 25.4 Å². The third-order valence-electron chi connectivity index (χ3n) is 5.13. The Morgan fingerprint density at radius 3 is 2.24 bits per heavy atom. The Bertz CT molecular complexity index is 1340. The van der Waals surface area contributed by atoms with Gasteiger partial charge in [0.05, 0.1) is 29.6 Å². The summed E-state index contributed by atoms with van der Waals surface area (Å²) in [7, 11) is 0. The third kappa shape index (κ3) is 7.42. The van der Waals surface area contributed by atoms with Gasteiger partial charge in [-0.3, -0.25) is 14.9 Å². The summed E-state index contributed by atoms with van der Waals surface area (Å²) in [5.41, 5.74) is 1.14. The topological polar surface area (TPSA) is 102 Å². The molecule has 3 aromatic carbocycles. The molecule has 0 fully saturated rings. The molecule has 0 aliphatic heterocycles. The first-order valence-corrected chi connectivity index (χ1v) is 11.9. The first-order valence-electron chi connectivity index (χ1n) is 11.5. The van der Waals surface area contributed by atoms with Crippen molar-refractivity contribution >= 4 is 34.8 Å². The fourth-order valence-electron chi connectivity index (χ4n) is 3.40. The molecule has 0 radical (unpaired) electrons. The highest BCUT2D eigenvalue weighted by Crippen LogP contribution is 2.19. The van der Waals surface area contributed by atoms with E-state index >= 15 is 0 Å². The van der Waals surface area contributed by atoms with Crippen LogP contribution in [0.15, 0.2) is 102 Å². The molecule has 0 aliphatic rings. The Balaban J connectivity index is 1.32. The average molecular weight is 516 g/mol. The van der Waals surface area contributed by atoms with E-state index in [1.54, 1.807) is 66.9 Å². The van der Waals surface area contributed by atoms with E-state index in [4.69, 9.17) is 26.1 Å². The van der Waals surface area contributed by atoms with Gasteiger partial charge in [-0.1, -0.05) is 42.5 Å². The van der Waals surface area contributed by atoms with Gasteiger partial charge in [-0.2, -0.15) is 0 Å². The molecule has 37 heavy (non-hydrogen) atoms. The Morgan fingerprint density at radius 2 is 1.46 bits per heavy atom. The third-order valence-corrected chi connectivity index (χ3v) is 5.34. The summed E-state index contributed by atoms with van der Waals surface area (Å²) in [6.45, 7) is 0.815. The van der Waals surface area contributed by atoms with Gasteiger partial charge in [0.1, 0.15) is 30.5 Å². The van der Waals surface area contributed by atoms with Crippen LogP contribution in [0.3, 0.4) is 0 Å². The number of furan rings is 1. The zero-order chi connectivity index (χ0) is 25.9. The monoisotopic (exact) mass is 515 g/mol. The maximum Gasteiger partial charge on any atom is 0.261 e. The highest BCUT2D eigenvalue weighted by atomic mass is 32.1. The van der Waals surface area contributed by atoms with Crippen LogP contribution in [-0.2, 0) is 6.54 Å². The van der Waals surface area contributed by atoms with Gasteiger partial charge < -0.3 is 24.5 Å². The van der Waals surface area contributed by atoms with Crippen molar-refractivity contribution in [2.45, 2.75) is 6.54 Å². The van der Waals surface area contributed by atoms with Gasteiger partial charge >= 0.3 is 0 Å². The fourth-order valence-corrected chi connectivity index (χ4v) is 3.60. The number of para-hydroxylation sites is 3. The number of anilines is 1. The van der Waals surface area contributed by atoms with Crippen LogP contribution in [0.25, 0.3) is 0 Å². The quantitative estimate of drug-likeness (QED) is 0.206. The number of ether oxygens (including phenoxy) is 2. The molecule has 0 aliphatic carbocycles. The molecule has 3 N–H and O–H groups in total. The summed E-state index contributed by atoms with van der Waals surface area (Å²) >= 11 is 5.34. The number of carbonyl (C=O) groups is 2. The van der Waals surface area contributed by atoms with Crippen LogP contribution in [0.1, 0.15) is 26.5 Å². The van der Waals surface area contributed by atoms with E-state index in [9.17, 15) is 9.59 Å². The normalized spacial score (nSPS) is 10.3. The maximum absolute atomic E-state index is 12.9. The molecule has 0 spiro atoms. The van der Waals surface area contributed by atoms with E-state index in [1.807, 2.05) is 30.3 Å². The summed E-state index contributed by atoms with van der Waals surface area (Å²) in [6, 6.07) is 26.6. The molecule has 1 heterocycles. The minimum atomic E-state index is -0.447. The molecule has 0 saturated heterocycles. The van der Waals surface area contributed by atoms with Gasteiger partial charge in [-0.15, -0.1) is 0 Å². The minimum Gasteiger partial charge on any atom is -0.490 e. The van der Waals surface area contributed by atoms with Crippen molar-refractivity contribution in [2.75, 3.05) is 18.5 Å². The average Bonchev–Trinajstić information content (AvgIpc) is 3.45. The van der Waals surface area contributed by atoms with E-state index in [-0.39, 0.29) is 24.2 Å². The number of carbonyl (C=O) groups excluding carboxylic acids is 2. The molecule has 4 rings (SSSR count). The molecule has 0 unspecified atom stereocenters. The molecule has 0 bridgehead atoms. The highest BCUT2D eigenvalue weighted by Gasteiger charge is 2.16. The lowest BCUT2D eigenvalue weighted by Crippen LogP contribution is -2.35. The Hall–Kier alpha value is -4.63. The van der Waals surface area contributed by atoms with Gasteiger partial charge in [0.15, 0.2) is 5.11 Å². The lowest BCUT2D eigenvalue weighted by Gasteiger charge is -2.15. The first kappa shape index (κ1) is 25.5. The van der Waals surface area contributed by atoms with Gasteiger partial charge in [0.2, 0.25) is 0 Å². The molecule has 9 heteroatoms. The number of thiocarbonyl (C=S) groups is 1. The standard InChI is InChI=1S/C28H25N3O5S/c32-26(29-19-21-11-8-16-34-21)22-12-4-6-14-24(22)30-28(37)31-27(33)23-13-5-7-15-25(23)36-18-17-35-20-9-2-1-3-10-20/h1-16H,17-19H2,(H,29,32)(H2,30,31,33,37). The van der Waals surface area contributed by atoms with Gasteiger partial charge in [-0.05, 0) is 60.7 Å². The van der Waals surface area contributed by atoms with Crippen LogP contribution >= 0.6 is 12.2 Å². The molecule has 1 aromatic heterocycles. The van der Waals surface area contributed by atoms with Crippen LogP contribution in [-0.4, -0.2) is 30.1 Å². The second-order valence-corrected chi connectivity index (χ2v) is 8.13. The zero-order valence-corrected chi connectivity index (χ0v) is 20.6.